The van der Waals surface area contributed by atoms with E-state index in [9.17, 15) is 14.4 Å². The van der Waals surface area contributed by atoms with Crippen molar-refractivity contribution in [3.8, 4) is 0 Å². The molecule has 1 atom stereocenters. The Morgan fingerprint density at radius 1 is 1.05 bits per heavy atom. The van der Waals surface area contributed by atoms with Gasteiger partial charge in [0, 0.05) is 0 Å². The monoisotopic (exact) mass is 279 g/mol. The summed E-state index contributed by atoms with van der Waals surface area (Å²) >= 11 is 0. The maximum atomic E-state index is 12.3. The SMILES string of the molecule is CCC(C(=O)N(CC(=O)O)CC(=O)O)c1ccccc1. The van der Waals surface area contributed by atoms with Crippen LogP contribution in [0.2, 0.25) is 0 Å². The Hall–Kier alpha value is -2.37. The van der Waals surface area contributed by atoms with Crippen molar-refractivity contribution in [1.82, 2.24) is 4.90 Å². The van der Waals surface area contributed by atoms with Crippen LogP contribution < -0.4 is 0 Å². The Morgan fingerprint density at radius 3 is 1.95 bits per heavy atom. The molecule has 0 saturated carbocycles. The van der Waals surface area contributed by atoms with E-state index in [2.05, 4.69) is 0 Å². The van der Waals surface area contributed by atoms with Crippen molar-refractivity contribution in [2.24, 2.45) is 0 Å². The minimum Gasteiger partial charge on any atom is -0.480 e. The summed E-state index contributed by atoms with van der Waals surface area (Å²) in [5, 5.41) is 17.6. The summed E-state index contributed by atoms with van der Waals surface area (Å²) in [5.41, 5.74) is 0.751. The van der Waals surface area contributed by atoms with Crippen LogP contribution in [0.15, 0.2) is 30.3 Å². The largest absolute Gasteiger partial charge is 0.480 e. The number of hydrogen-bond acceptors (Lipinski definition) is 3. The van der Waals surface area contributed by atoms with Crippen LogP contribution in [0.4, 0.5) is 0 Å². The third kappa shape index (κ3) is 4.38. The number of aliphatic carboxylic acids is 2. The quantitative estimate of drug-likeness (QED) is 0.781. The molecule has 6 nitrogen and oxygen atoms in total. The van der Waals surface area contributed by atoms with Crippen molar-refractivity contribution in [3.63, 3.8) is 0 Å². The fourth-order valence-corrected chi connectivity index (χ4v) is 2.00. The minimum absolute atomic E-state index is 0.471. The second kappa shape index (κ2) is 7.28. The molecular formula is C14H17NO5. The van der Waals surface area contributed by atoms with Crippen molar-refractivity contribution < 1.29 is 24.6 Å². The van der Waals surface area contributed by atoms with E-state index in [1.54, 1.807) is 31.2 Å². The molecule has 0 aromatic heterocycles. The number of carbonyl (C=O) groups excluding carboxylic acids is 1. The van der Waals surface area contributed by atoms with Gasteiger partial charge in [0.25, 0.3) is 0 Å². The van der Waals surface area contributed by atoms with Gasteiger partial charge < -0.3 is 15.1 Å². The normalized spacial score (nSPS) is 11.7. The summed E-state index contributed by atoms with van der Waals surface area (Å²) in [6.07, 6.45) is 0.471. The van der Waals surface area contributed by atoms with Crippen molar-refractivity contribution in [2.75, 3.05) is 13.1 Å². The van der Waals surface area contributed by atoms with Crippen molar-refractivity contribution in [3.05, 3.63) is 35.9 Å². The molecule has 0 radical (unpaired) electrons. The fourth-order valence-electron chi connectivity index (χ4n) is 2.00. The molecular weight excluding hydrogens is 262 g/mol. The minimum atomic E-state index is -1.23. The first-order valence-corrected chi connectivity index (χ1v) is 6.23. The molecule has 1 rings (SSSR count). The lowest BCUT2D eigenvalue weighted by molar-refractivity contribution is -0.150. The lowest BCUT2D eigenvalue weighted by Gasteiger charge is -2.24. The predicted octanol–water partition coefficient (Wildman–Crippen LogP) is 1.18. The van der Waals surface area contributed by atoms with Gasteiger partial charge in [0.1, 0.15) is 13.1 Å². The van der Waals surface area contributed by atoms with E-state index in [0.29, 0.717) is 6.42 Å². The van der Waals surface area contributed by atoms with Gasteiger partial charge in [0.2, 0.25) is 5.91 Å². The molecule has 0 heterocycles. The van der Waals surface area contributed by atoms with Crippen LogP contribution in [0.1, 0.15) is 24.8 Å². The van der Waals surface area contributed by atoms with Gasteiger partial charge in [-0.15, -0.1) is 0 Å². The van der Waals surface area contributed by atoms with Crippen LogP contribution in [0.5, 0.6) is 0 Å². The van der Waals surface area contributed by atoms with Gasteiger partial charge in [-0.1, -0.05) is 37.3 Å². The smallest absolute Gasteiger partial charge is 0.323 e. The summed E-state index contributed by atoms with van der Waals surface area (Å²) < 4.78 is 0. The number of carbonyl (C=O) groups is 3. The number of benzene rings is 1. The molecule has 0 spiro atoms. The Morgan fingerprint density at radius 2 is 1.55 bits per heavy atom. The summed E-state index contributed by atoms with van der Waals surface area (Å²) in [5.74, 6) is -3.48. The number of carboxylic acids is 2. The van der Waals surface area contributed by atoms with Crippen molar-refractivity contribution >= 4 is 17.8 Å². The summed E-state index contributed by atoms with van der Waals surface area (Å²) in [4.78, 5) is 34.7. The van der Waals surface area contributed by atoms with E-state index in [4.69, 9.17) is 10.2 Å². The highest BCUT2D eigenvalue weighted by Gasteiger charge is 2.27. The third-order valence-corrected chi connectivity index (χ3v) is 2.87. The van der Waals surface area contributed by atoms with Crippen LogP contribution >= 0.6 is 0 Å². The molecule has 0 saturated heterocycles. The zero-order chi connectivity index (χ0) is 15.1. The summed E-state index contributed by atoms with van der Waals surface area (Å²) in [7, 11) is 0. The first-order valence-electron chi connectivity index (χ1n) is 6.23. The number of carboxylic acid groups (broad SMARTS) is 2. The summed E-state index contributed by atoms with van der Waals surface area (Å²) in [6, 6.07) is 8.92. The Balaban J connectivity index is 2.96. The zero-order valence-electron chi connectivity index (χ0n) is 11.2. The molecule has 0 bridgehead atoms. The lowest BCUT2D eigenvalue weighted by Crippen LogP contribution is -2.41. The second-order valence-corrected chi connectivity index (χ2v) is 4.35. The Kier molecular flexibility index (Phi) is 5.71. The Labute approximate surface area is 116 Å². The molecule has 0 aliphatic heterocycles. The molecule has 20 heavy (non-hydrogen) atoms. The second-order valence-electron chi connectivity index (χ2n) is 4.35. The number of rotatable bonds is 7. The van der Waals surface area contributed by atoms with Crippen LogP contribution in [-0.4, -0.2) is 46.0 Å². The number of hydrogen-bond donors (Lipinski definition) is 2. The van der Waals surface area contributed by atoms with Gasteiger partial charge in [0.15, 0.2) is 0 Å². The molecule has 2 N–H and O–H groups in total. The molecule has 1 unspecified atom stereocenters. The van der Waals surface area contributed by atoms with Crippen LogP contribution in [0, 0.1) is 0 Å². The molecule has 1 amide bonds. The van der Waals surface area contributed by atoms with E-state index in [1.165, 1.54) is 0 Å². The van der Waals surface area contributed by atoms with Crippen LogP contribution in [0.3, 0.4) is 0 Å². The van der Waals surface area contributed by atoms with E-state index >= 15 is 0 Å². The molecule has 0 aliphatic carbocycles. The van der Waals surface area contributed by atoms with E-state index in [-0.39, 0.29) is 0 Å². The maximum Gasteiger partial charge on any atom is 0.323 e. The highest BCUT2D eigenvalue weighted by Crippen LogP contribution is 2.21. The molecule has 108 valence electrons. The van der Waals surface area contributed by atoms with Gasteiger partial charge in [-0.3, -0.25) is 14.4 Å². The highest BCUT2D eigenvalue weighted by molar-refractivity contribution is 5.89. The number of nitrogens with zero attached hydrogens (tertiary/aromatic N) is 1. The van der Waals surface area contributed by atoms with E-state index in [1.807, 2.05) is 6.07 Å². The first-order chi connectivity index (χ1) is 9.45. The standard InChI is InChI=1S/C14H17NO5/c1-2-11(10-6-4-3-5-7-10)14(20)15(8-12(16)17)9-13(18)19/h3-7,11H,2,8-9H2,1H3,(H,16,17)(H,18,19). The van der Waals surface area contributed by atoms with Gasteiger partial charge >= 0.3 is 11.9 Å². The van der Waals surface area contributed by atoms with Gasteiger partial charge in [0.05, 0.1) is 5.92 Å². The first kappa shape index (κ1) is 15.7. The third-order valence-electron chi connectivity index (χ3n) is 2.87. The topological polar surface area (TPSA) is 94.9 Å². The van der Waals surface area contributed by atoms with E-state index < -0.39 is 36.9 Å². The van der Waals surface area contributed by atoms with Crippen molar-refractivity contribution in [2.45, 2.75) is 19.3 Å². The van der Waals surface area contributed by atoms with Crippen molar-refractivity contribution in [1.29, 1.82) is 0 Å². The maximum absolute atomic E-state index is 12.3. The molecule has 6 heteroatoms. The average Bonchev–Trinajstić information content (AvgIpc) is 2.39. The van der Waals surface area contributed by atoms with Crippen LogP contribution in [0.25, 0.3) is 0 Å². The van der Waals surface area contributed by atoms with Gasteiger partial charge in [-0.05, 0) is 12.0 Å². The predicted molar refractivity (Wildman–Crippen MR) is 71.3 cm³/mol. The molecule has 1 aromatic carbocycles. The number of amides is 1. The highest BCUT2D eigenvalue weighted by atomic mass is 16.4. The average molecular weight is 279 g/mol. The van der Waals surface area contributed by atoms with E-state index in [0.717, 1.165) is 10.5 Å². The molecule has 1 aromatic rings. The zero-order valence-corrected chi connectivity index (χ0v) is 11.2. The van der Waals surface area contributed by atoms with Gasteiger partial charge in [-0.25, -0.2) is 0 Å². The Bertz CT molecular complexity index is 470. The molecule has 0 aliphatic rings. The van der Waals surface area contributed by atoms with Gasteiger partial charge in [-0.2, -0.15) is 0 Å². The lowest BCUT2D eigenvalue weighted by atomic mass is 9.95. The van der Waals surface area contributed by atoms with Crippen LogP contribution in [-0.2, 0) is 14.4 Å². The molecule has 0 fully saturated rings. The fraction of sp³-hybridized carbons (Fsp3) is 0.357. The summed E-state index contributed by atoms with van der Waals surface area (Å²) in [6.45, 7) is 0.568.